The first-order valence-electron chi connectivity index (χ1n) is 6.98. The van der Waals surface area contributed by atoms with Crippen molar-refractivity contribution >= 4 is 39.1 Å². The molecule has 0 spiro atoms. The molecular formula is C16H14ClN3O2S. The Bertz CT molecular complexity index is 902. The van der Waals surface area contributed by atoms with Crippen molar-refractivity contribution < 1.29 is 4.79 Å². The van der Waals surface area contributed by atoms with E-state index >= 15 is 0 Å². The van der Waals surface area contributed by atoms with Crippen LogP contribution in [0.2, 0.25) is 5.02 Å². The number of rotatable bonds is 4. The van der Waals surface area contributed by atoms with Gasteiger partial charge in [-0.3, -0.25) is 9.59 Å². The van der Waals surface area contributed by atoms with Crippen molar-refractivity contribution in [1.82, 2.24) is 14.9 Å². The zero-order valence-corrected chi connectivity index (χ0v) is 13.9. The van der Waals surface area contributed by atoms with Crippen LogP contribution in [0.3, 0.4) is 0 Å². The lowest BCUT2D eigenvalue weighted by molar-refractivity contribution is -0.129. The molecule has 3 rings (SSSR count). The van der Waals surface area contributed by atoms with Crippen molar-refractivity contribution in [1.29, 1.82) is 0 Å². The maximum atomic E-state index is 12.3. The Balaban J connectivity index is 1.71. The van der Waals surface area contributed by atoms with E-state index in [1.54, 1.807) is 30.1 Å². The molecule has 7 heteroatoms. The summed E-state index contributed by atoms with van der Waals surface area (Å²) in [6.07, 6.45) is 0.276. The maximum absolute atomic E-state index is 12.3. The van der Waals surface area contributed by atoms with Crippen LogP contribution in [0.5, 0.6) is 0 Å². The Kier molecular flexibility index (Phi) is 4.45. The third-order valence-corrected chi connectivity index (χ3v) is 4.60. The van der Waals surface area contributed by atoms with Gasteiger partial charge in [0.15, 0.2) is 0 Å². The van der Waals surface area contributed by atoms with Gasteiger partial charge in [0.25, 0.3) is 5.56 Å². The van der Waals surface area contributed by atoms with Gasteiger partial charge in [0.05, 0.1) is 18.5 Å². The third-order valence-electron chi connectivity index (χ3n) is 3.45. The molecule has 118 valence electrons. The van der Waals surface area contributed by atoms with Crippen LogP contribution in [0.25, 0.3) is 10.2 Å². The number of thiophene rings is 1. The number of fused-ring (bicyclic) bond motifs is 1. The van der Waals surface area contributed by atoms with E-state index in [4.69, 9.17) is 11.6 Å². The minimum absolute atomic E-state index is 0.0552. The summed E-state index contributed by atoms with van der Waals surface area (Å²) in [7, 11) is 1.69. The summed E-state index contributed by atoms with van der Waals surface area (Å²) in [6, 6.07) is 8.97. The number of amides is 1. The maximum Gasteiger partial charge on any atom is 0.268 e. The van der Waals surface area contributed by atoms with Gasteiger partial charge in [-0.25, -0.2) is 4.98 Å². The number of nitrogens with zero attached hydrogens (tertiary/aromatic N) is 2. The molecule has 23 heavy (non-hydrogen) atoms. The van der Waals surface area contributed by atoms with Gasteiger partial charge in [0.2, 0.25) is 5.91 Å². The van der Waals surface area contributed by atoms with E-state index < -0.39 is 0 Å². The van der Waals surface area contributed by atoms with Crippen LogP contribution in [0.4, 0.5) is 0 Å². The quantitative estimate of drug-likeness (QED) is 0.789. The highest BCUT2D eigenvalue weighted by Crippen LogP contribution is 2.14. The fourth-order valence-electron chi connectivity index (χ4n) is 2.22. The molecule has 1 aromatic carbocycles. The standard InChI is InChI=1S/C16H14ClN3O2S/c1-20(14(21)8-10-2-4-11(17)5-3-10)9-13-18-12-6-7-23-15(12)16(22)19-13/h2-7H,8-9H2,1H3,(H,18,19,22). The first-order chi connectivity index (χ1) is 11.0. The van der Waals surface area contributed by atoms with Crippen LogP contribution in [0, 0.1) is 0 Å². The van der Waals surface area contributed by atoms with Gasteiger partial charge in [-0.1, -0.05) is 23.7 Å². The van der Waals surface area contributed by atoms with Crippen molar-refractivity contribution in [3.8, 4) is 0 Å². The fourth-order valence-corrected chi connectivity index (χ4v) is 3.07. The number of likely N-dealkylation sites (N-methyl/N-ethyl adjacent to an activating group) is 1. The predicted molar refractivity (Wildman–Crippen MR) is 91.9 cm³/mol. The number of H-pyrrole nitrogens is 1. The molecule has 0 aliphatic heterocycles. The van der Waals surface area contributed by atoms with Gasteiger partial charge in [-0.05, 0) is 29.1 Å². The Hall–Kier alpha value is -2.18. The predicted octanol–water partition coefficient (Wildman–Crippen LogP) is 2.84. The number of carbonyl (C=O) groups excluding carboxylic acids is 1. The van der Waals surface area contributed by atoms with Crippen LogP contribution in [-0.2, 0) is 17.8 Å². The van der Waals surface area contributed by atoms with E-state index in [1.165, 1.54) is 11.3 Å². The molecule has 0 radical (unpaired) electrons. The molecule has 1 N–H and O–H groups in total. The van der Waals surface area contributed by atoms with E-state index in [9.17, 15) is 9.59 Å². The van der Waals surface area contributed by atoms with Crippen molar-refractivity contribution in [3.05, 3.63) is 62.5 Å². The lowest BCUT2D eigenvalue weighted by Crippen LogP contribution is -2.29. The molecular weight excluding hydrogens is 334 g/mol. The number of carbonyl (C=O) groups is 1. The molecule has 0 saturated carbocycles. The number of hydrogen-bond acceptors (Lipinski definition) is 4. The molecule has 0 unspecified atom stereocenters. The highest BCUT2D eigenvalue weighted by Gasteiger charge is 2.13. The Morgan fingerprint density at radius 1 is 1.30 bits per heavy atom. The van der Waals surface area contributed by atoms with Crippen molar-refractivity contribution in [2.45, 2.75) is 13.0 Å². The summed E-state index contributed by atoms with van der Waals surface area (Å²) < 4.78 is 0.601. The summed E-state index contributed by atoms with van der Waals surface area (Å²) in [4.78, 5) is 32.9. The monoisotopic (exact) mass is 347 g/mol. The molecule has 0 atom stereocenters. The van der Waals surface area contributed by atoms with Crippen molar-refractivity contribution in [2.75, 3.05) is 7.05 Å². The molecule has 5 nitrogen and oxygen atoms in total. The molecule has 2 aromatic heterocycles. The lowest BCUT2D eigenvalue weighted by Gasteiger charge is -2.16. The molecule has 1 amide bonds. The topological polar surface area (TPSA) is 66.1 Å². The van der Waals surface area contributed by atoms with Gasteiger partial charge < -0.3 is 9.88 Å². The summed E-state index contributed by atoms with van der Waals surface area (Å²) in [6.45, 7) is 0.257. The average Bonchev–Trinajstić information content (AvgIpc) is 2.98. The SMILES string of the molecule is CN(Cc1nc2ccsc2c(=O)[nH]1)C(=O)Cc1ccc(Cl)cc1. The van der Waals surface area contributed by atoms with E-state index in [0.29, 0.717) is 21.1 Å². The summed E-state index contributed by atoms with van der Waals surface area (Å²) in [5.74, 6) is 0.424. The van der Waals surface area contributed by atoms with Crippen molar-refractivity contribution in [2.24, 2.45) is 0 Å². The van der Waals surface area contributed by atoms with Gasteiger partial charge in [0, 0.05) is 12.1 Å². The zero-order valence-electron chi connectivity index (χ0n) is 12.4. The molecule has 3 aromatic rings. The third kappa shape index (κ3) is 3.60. The minimum Gasteiger partial charge on any atom is -0.338 e. The molecule has 0 saturated heterocycles. The number of benzene rings is 1. The Morgan fingerprint density at radius 2 is 2.04 bits per heavy atom. The summed E-state index contributed by atoms with van der Waals surface area (Å²) >= 11 is 7.19. The fraction of sp³-hybridized carbons (Fsp3) is 0.188. The van der Waals surface area contributed by atoms with Crippen LogP contribution in [-0.4, -0.2) is 27.8 Å². The molecule has 0 bridgehead atoms. The van der Waals surface area contributed by atoms with E-state index in [-0.39, 0.29) is 24.4 Å². The largest absolute Gasteiger partial charge is 0.338 e. The van der Waals surface area contributed by atoms with Gasteiger partial charge in [0.1, 0.15) is 10.5 Å². The highest BCUT2D eigenvalue weighted by atomic mass is 35.5. The first-order valence-corrected chi connectivity index (χ1v) is 8.23. The zero-order chi connectivity index (χ0) is 16.4. The first kappa shape index (κ1) is 15.7. The number of halogens is 1. The van der Waals surface area contributed by atoms with Gasteiger partial charge in [-0.15, -0.1) is 11.3 Å². The minimum atomic E-state index is -0.168. The van der Waals surface area contributed by atoms with E-state index in [0.717, 1.165) is 5.56 Å². The van der Waals surface area contributed by atoms with Crippen molar-refractivity contribution in [3.63, 3.8) is 0 Å². The molecule has 0 aliphatic carbocycles. The lowest BCUT2D eigenvalue weighted by atomic mass is 10.1. The normalized spacial score (nSPS) is 10.9. The second kappa shape index (κ2) is 6.52. The van der Waals surface area contributed by atoms with Crippen LogP contribution < -0.4 is 5.56 Å². The number of hydrogen-bond donors (Lipinski definition) is 1. The van der Waals surface area contributed by atoms with Crippen LogP contribution in [0.15, 0.2) is 40.5 Å². The van der Waals surface area contributed by atoms with Gasteiger partial charge in [-0.2, -0.15) is 0 Å². The second-order valence-electron chi connectivity index (χ2n) is 5.20. The van der Waals surface area contributed by atoms with Crippen LogP contribution in [0.1, 0.15) is 11.4 Å². The Morgan fingerprint density at radius 3 is 2.78 bits per heavy atom. The second-order valence-corrected chi connectivity index (χ2v) is 6.55. The number of nitrogens with one attached hydrogen (secondary N) is 1. The number of aromatic nitrogens is 2. The summed E-state index contributed by atoms with van der Waals surface area (Å²) in [5.41, 5.74) is 1.38. The Labute approximate surface area is 141 Å². The van der Waals surface area contributed by atoms with E-state index in [2.05, 4.69) is 9.97 Å². The molecule has 0 aliphatic rings. The van der Waals surface area contributed by atoms with Crippen LogP contribution >= 0.6 is 22.9 Å². The average molecular weight is 348 g/mol. The molecule has 0 fully saturated rings. The smallest absolute Gasteiger partial charge is 0.268 e. The molecule has 2 heterocycles. The van der Waals surface area contributed by atoms with Gasteiger partial charge >= 0.3 is 0 Å². The number of aromatic amines is 1. The van der Waals surface area contributed by atoms with E-state index in [1.807, 2.05) is 17.5 Å². The highest BCUT2D eigenvalue weighted by molar-refractivity contribution is 7.17. The summed E-state index contributed by atoms with van der Waals surface area (Å²) in [5, 5.41) is 2.46.